The Kier molecular flexibility index (Phi) is 7.85. The maximum Gasteiger partial charge on any atom is 0.225 e. The van der Waals surface area contributed by atoms with Crippen LogP contribution < -0.4 is 5.32 Å². The molecule has 0 radical (unpaired) electrons. The predicted molar refractivity (Wildman–Crippen MR) is 114 cm³/mol. The molecule has 0 bridgehead atoms. The van der Waals surface area contributed by atoms with Crippen molar-refractivity contribution in [3.05, 3.63) is 46.4 Å². The number of aliphatic hydroxyl groups excluding tert-OH is 1. The maximum absolute atomic E-state index is 13.4. The third-order valence-corrected chi connectivity index (χ3v) is 5.79. The van der Waals surface area contributed by atoms with E-state index in [1.807, 2.05) is 19.9 Å². The number of nitrogens with one attached hydrogen (secondary N) is 1. The van der Waals surface area contributed by atoms with Crippen molar-refractivity contribution in [3.63, 3.8) is 0 Å². The smallest absolute Gasteiger partial charge is 0.225 e. The molecule has 4 heteroatoms. The zero-order valence-corrected chi connectivity index (χ0v) is 17.9. The van der Waals surface area contributed by atoms with E-state index in [9.17, 15) is 14.7 Å². The Labute approximate surface area is 169 Å². The molecular weight excluding hydrogens is 350 g/mol. The van der Waals surface area contributed by atoms with E-state index in [2.05, 4.69) is 25.7 Å². The van der Waals surface area contributed by atoms with Gasteiger partial charge in [-0.3, -0.25) is 9.59 Å². The highest BCUT2D eigenvalue weighted by molar-refractivity contribution is 6.24. The third kappa shape index (κ3) is 4.65. The Morgan fingerprint density at radius 2 is 1.86 bits per heavy atom. The first-order valence-electron chi connectivity index (χ1n) is 10.7. The van der Waals surface area contributed by atoms with E-state index >= 15 is 0 Å². The summed E-state index contributed by atoms with van der Waals surface area (Å²) in [6, 6.07) is 0. The largest absolute Gasteiger partial charge is 0.504 e. The van der Waals surface area contributed by atoms with E-state index in [4.69, 9.17) is 0 Å². The Bertz CT molecular complexity index is 739. The van der Waals surface area contributed by atoms with Gasteiger partial charge >= 0.3 is 0 Å². The van der Waals surface area contributed by atoms with Gasteiger partial charge in [0.25, 0.3) is 0 Å². The van der Waals surface area contributed by atoms with Gasteiger partial charge in [-0.2, -0.15) is 0 Å². The fraction of sp³-hybridized carbons (Fsp3) is 0.583. The van der Waals surface area contributed by atoms with Crippen molar-refractivity contribution in [2.75, 3.05) is 6.54 Å². The molecule has 0 aromatic carbocycles. The summed E-state index contributed by atoms with van der Waals surface area (Å²) < 4.78 is 0. The molecule has 0 fully saturated rings. The lowest BCUT2D eigenvalue weighted by atomic mass is 9.77. The van der Waals surface area contributed by atoms with Gasteiger partial charge in [-0.15, -0.1) is 0 Å². The highest BCUT2D eigenvalue weighted by Gasteiger charge is 2.41. The molecule has 0 aromatic rings. The molecule has 154 valence electrons. The van der Waals surface area contributed by atoms with Crippen LogP contribution >= 0.6 is 0 Å². The van der Waals surface area contributed by atoms with E-state index in [1.165, 1.54) is 0 Å². The molecular formula is C24H35NO3. The number of Topliss-reactive ketones (excluding diaryl/α,β-unsaturated/α-hetero) is 2. The zero-order valence-electron chi connectivity index (χ0n) is 17.9. The first kappa shape index (κ1) is 22.2. The van der Waals surface area contributed by atoms with Gasteiger partial charge in [-0.05, 0) is 45.4 Å². The first-order chi connectivity index (χ1) is 13.3. The van der Waals surface area contributed by atoms with Crippen LogP contribution in [0.25, 0.3) is 0 Å². The van der Waals surface area contributed by atoms with Crippen molar-refractivity contribution >= 4 is 11.6 Å². The Hall–Kier alpha value is -2.10. The van der Waals surface area contributed by atoms with Crippen molar-refractivity contribution in [2.24, 2.45) is 11.8 Å². The molecule has 28 heavy (non-hydrogen) atoms. The van der Waals surface area contributed by atoms with E-state index in [1.54, 1.807) is 0 Å². The monoisotopic (exact) mass is 385 g/mol. The van der Waals surface area contributed by atoms with Crippen LogP contribution in [-0.4, -0.2) is 23.2 Å². The van der Waals surface area contributed by atoms with E-state index in [0.717, 1.165) is 49.7 Å². The van der Waals surface area contributed by atoms with Crippen molar-refractivity contribution < 1.29 is 14.7 Å². The molecule has 2 aliphatic carbocycles. The van der Waals surface area contributed by atoms with Gasteiger partial charge in [0.1, 0.15) is 0 Å². The van der Waals surface area contributed by atoms with Crippen LogP contribution in [0.5, 0.6) is 0 Å². The summed E-state index contributed by atoms with van der Waals surface area (Å²) in [7, 11) is 0. The van der Waals surface area contributed by atoms with Crippen LogP contribution in [0.1, 0.15) is 72.6 Å². The van der Waals surface area contributed by atoms with Gasteiger partial charge in [-0.25, -0.2) is 0 Å². The van der Waals surface area contributed by atoms with Crippen molar-refractivity contribution in [1.82, 2.24) is 5.32 Å². The Morgan fingerprint density at radius 3 is 2.46 bits per heavy atom. The van der Waals surface area contributed by atoms with Crippen molar-refractivity contribution in [1.29, 1.82) is 0 Å². The first-order valence-corrected chi connectivity index (χ1v) is 10.7. The second kappa shape index (κ2) is 9.90. The number of carbonyl (C=O) groups is 2. The predicted octanol–water partition coefficient (Wildman–Crippen LogP) is 5.33. The minimum absolute atomic E-state index is 0.0485. The molecule has 0 aliphatic heterocycles. The summed E-state index contributed by atoms with van der Waals surface area (Å²) in [6.45, 7) is 12.9. The number of allylic oxidation sites excluding steroid dienone is 5. The summed E-state index contributed by atoms with van der Waals surface area (Å²) in [4.78, 5) is 26.5. The van der Waals surface area contributed by atoms with Gasteiger partial charge in [0, 0.05) is 18.0 Å². The Morgan fingerprint density at radius 1 is 1.18 bits per heavy atom. The molecule has 0 amide bonds. The van der Waals surface area contributed by atoms with E-state index in [0.29, 0.717) is 24.2 Å². The maximum atomic E-state index is 13.4. The van der Waals surface area contributed by atoms with E-state index < -0.39 is 0 Å². The van der Waals surface area contributed by atoms with E-state index in [-0.39, 0.29) is 34.7 Å². The summed E-state index contributed by atoms with van der Waals surface area (Å²) in [6.07, 6.45) is 8.14. The third-order valence-electron chi connectivity index (χ3n) is 5.79. The normalized spacial score (nSPS) is 22.8. The molecule has 2 atom stereocenters. The average molecular weight is 386 g/mol. The second-order valence-corrected chi connectivity index (χ2v) is 8.21. The lowest BCUT2D eigenvalue weighted by molar-refractivity contribution is -0.119. The highest BCUT2D eigenvalue weighted by Crippen LogP contribution is 2.42. The van der Waals surface area contributed by atoms with Gasteiger partial charge in [-0.1, -0.05) is 56.9 Å². The average Bonchev–Trinajstić information content (AvgIpc) is 3.03. The van der Waals surface area contributed by atoms with Crippen molar-refractivity contribution in [2.45, 2.75) is 72.6 Å². The molecule has 0 unspecified atom stereocenters. The number of hydrogen-bond donors (Lipinski definition) is 2. The standard InChI is InChI=1S/C24H35NO3/c1-6-8-10-11-17-21(25-12-9-7-2)23(27)20(24(28)22(17)26)19-14-16(5)13-18(19)15(3)4/h14,18-19,25,28H,3,6-13H2,1-2,4-5H3/t18-,19+/m0/s1. The van der Waals surface area contributed by atoms with Crippen LogP contribution in [0.15, 0.2) is 46.4 Å². The van der Waals surface area contributed by atoms with Crippen LogP contribution in [0.3, 0.4) is 0 Å². The molecule has 0 spiro atoms. The van der Waals surface area contributed by atoms with Gasteiger partial charge < -0.3 is 10.4 Å². The number of rotatable bonds is 10. The summed E-state index contributed by atoms with van der Waals surface area (Å²) in [5.74, 6) is -1.20. The van der Waals surface area contributed by atoms with Gasteiger partial charge in [0.05, 0.1) is 11.3 Å². The highest BCUT2D eigenvalue weighted by atomic mass is 16.3. The minimum atomic E-state index is -0.386. The molecule has 4 nitrogen and oxygen atoms in total. The molecule has 0 saturated carbocycles. The molecule has 2 aliphatic rings. The molecule has 2 rings (SSSR count). The van der Waals surface area contributed by atoms with Crippen LogP contribution in [0.4, 0.5) is 0 Å². The topological polar surface area (TPSA) is 66.4 Å². The number of aliphatic hydroxyl groups is 1. The number of ketones is 2. The lowest BCUT2D eigenvalue weighted by Gasteiger charge is -2.28. The van der Waals surface area contributed by atoms with Crippen LogP contribution in [0.2, 0.25) is 0 Å². The SMILES string of the molecule is C=C(C)[C@@H]1CC(C)=C[C@H]1C1=C(O)C(=O)C(CCCCC)=C(NCCCC)C1=O. The van der Waals surface area contributed by atoms with Crippen molar-refractivity contribution in [3.8, 4) is 0 Å². The van der Waals surface area contributed by atoms with Gasteiger partial charge in [0.15, 0.2) is 5.76 Å². The fourth-order valence-corrected chi connectivity index (χ4v) is 4.16. The lowest BCUT2D eigenvalue weighted by Crippen LogP contribution is -2.35. The molecule has 0 aromatic heterocycles. The molecule has 2 N–H and O–H groups in total. The summed E-state index contributed by atoms with van der Waals surface area (Å²) >= 11 is 0. The van der Waals surface area contributed by atoms with Gasteiger partial charge in [0.2, 0.25) is 11.6 Å². The van der Waals surface area contributed by atoms with Crippen LogP contribution in [-0.2, 0) is 9.59 Å². The van der Waals surface area contributed by atoms with Crippen LogP contribution in [0, 0.1) is 11.8 Å². The zero-order chi connectivity index (χ0) is 20.8. The second-order valence-electron chi connectivity index (χ2n) is 8.21. The number of hydrogen-bond acceptors (Lipinski definition) is 4. The molecule has 0 heterocycles. The number of unbranched alkanes of at least 4 members (excludes halogenated alkanes) is 3. The fourth-order valence-electron chi connectivity index (χ4n) is 4.16. The quantitative estimate of drug-likeness (QED) is 0.303. The summed E-state index contributed by atoms with van der Waals surface area (Å²) in [5.41, 5.74) is 3.23. The summed E-state index contributed by atoms with van der Waals surface area (Å²) in [5, 5.41) is 14.0. The number of carbonyl (C=O) groups excluding carboxylic acids is 2. The minimum Gasteiger partial charge on any atom is -0.504 e. The Balaban J connectivity index is 2.42. The molecule has 0 saturated heterocycles.